The van der Waals surface area contributed by atoms with E-state index in [2.05, 4.69) is 15.6 Å². The van der Waals surface area contributed by atoms with Crippen molar-refractivity contribution in [2.75, 3.05) is 11.9 Å². The highest BCUT2D eigenvalue weighted by Gasteiger charge is 2.39. The molecule has 12 heteroatoms. The number of halogens is 4. The fourth-order valence-electron chi connectivity index (χ4n) is 2.97. The van der Waals surface area contributed by atoms with Gasteiger partial charge in [-0.2, -0.15) is 13.5 Å². The minimum atomic E-state index is -3.61. The van der Waals surface area contributed by atoms with E-state index in [-0.39, 0.29) is 22.0 Å². The van der Waals surface area contributed by atoms with Crippen molar-refractivity contribution in [2.24, 2.45) is 0 Å². The Morgan fingerprint density at radius 3 is 2.79 bits per heavy atom. The number of hydrogen-bond acceptors (Lipinski definition) is 5. The maximum Gasteiger partial charge on any atom is 0.347 e. The zero-order valence-corrected chi connectivity index (χ0v) is 18.1. The molecule has 0 unspecified atom stereocenters. The van der Waals surface area contributed by atoms with Crippen molar-refractivity contribution in [2.45, 2.75) is 25.9 Å². The zero-order valence-electron chi connectivity index (χ0n) is 17.3. The van der Waals surface area contributed by atoms with E-state index in [1.807, 2.05) is 0 Å². The average molecular weight is 482 g/mol. The number of carbonyl (C=O) groups is 1. The second-order valence-electron chi connectivity index (χ2n) is 7.16. The van der Waals surface area contributed by atoms with Gasteiger partial charge in [-0.3, -0.25) is 14.2 Å². The Morgan fingerprint density at radius 1 is 1.30 bits per heavy atom. The van der Waals surface area contributed by atoms with E-state index in [0.717, 1.165) is 28.6 Å². The first kappa shape index (κ1) is 24.1. The molecule has 3 rings (SSSR count). The summed E-state index contributed by atoms with van der Waals surface area (Å²) >= 11 is 5.96. The predicted molar refractivity (Wildman–Crippen MR) is 114 cm³/mol. The first-order valence-corrected chi connectivity index (χ1v) is 10.0. The number of nitrogens with zero attached hydrogens (tertiary/aromatic N) is 3. The van der Waals surface area contributed by atoms with Crippen molar-refractivity contribution in [3.05, 3.63) is 92.1 Å². The third kappa shape index (κ3) is 5.80. The van der Waals surface area contributed by atoms with Gasteiger partial charge in [-0.1, -0.05) is 29.3 Å². The highest BCUT2D eigenvalue weighted by molar-refractivity contribution is 6.29. The largest absolute Gasteiger partial charge is 0.618 e. The number of amides is 1. The van der Waals surface area contributed by atoms with Crippen LogP contribution >= 0.6 is 11.6 Å². The first-order valence-electron chi connectivity index (χ1n) is 9.66. The number of alkyl halides is 2. The lowest BCUT2D eigenvalue weighted by atomic mass is 10.1. The summed E-state index contributed by atoms with van der Waals surface area (Å²) in [6.07, 6.45) is 1.95. The Kier molecular flexibility index (Phi) is 7.22. The molecule has 0 aliphatic rings. The molecule has 2 heterocycles. The molecule has 3 aromatic rings. The molecule has 8 nitrogen and oxygen atoms in total. The highest BCUT2D eigenvalue weighted by Crippen LogP contribution is 2.25. The lowest BCUT2D eigenvalue weighted by molar-refractivity contribution is -0.624. The Bertz CT molecular complexity index is 1240. The molecule has 33 heavy (non-hydrogen) atoms. The standard InChI is InChI=1S/C21H19ClF3N5O3/c1-13-5-6-15(23)14(8-13)9-26-18(31)11-29-17(22)10-27-19(20(29)32)28-12-21(24,25)16-4-2-3-7-30(16)33/h2-8,10H,9,11-12H2,1H3,(H,26,31)(H,27,28). The molecule has 1 amide bonds. The second kappa shape index (κ2) is 9.90. The number of aromatic nitrogens is 3. The van der Waals surface area contributed by atoms with E-state index >= 15 is 0 Å². The summed E-state index contributed by atoms with van der Waals surface area (Å²) in [4.78, 5) is 28.6. The molecule has 1 aromatic carbocycles. The zero-order chi connectivity index (χ0) is 24.2. The van der Waals surface area contributed by atoms with Crippen LogP contribution in [0.15, 0.2) is 53.6 Å². The molecule has 0 saturated carbocycles. The molecule has 2 aromatic heterocycles. The number of rotatable bonds is 8. The molecule has 174 valence electrons. The van der Waals surface area contributed by atoms with Gasteiger partial charge in [-0.05, 0) is 19.1 Å². The van der Waals surface area contributed by atoms with Crippen molar-refractivity contribution < 1.29 is 22.7 Å². The van der Waals surface area contributed by atoms with Crippen LogP contribution in [-0.4, -0.2) is 22.0 Å². The fraction of sp³-hybridized carbons (Fsp3) is 0.238. The number of nitrogens with one attached hydrogen (secondary N) is 2. The van der Waals surface area contributed by atoms with Gasteiger partial charge in [-0.25, -0.2) is 9.37 Å². The summed E-state index contributed by atoms with van der Waals surface area (Å²) in [6, 6.07) is 7.98. The molecular formula is C21H19ClF3N5O3. The molecule has 0 radical (unpaired) electrons. The van der Waals surface area contributed by atoms with Gasteiger partial charge in [0.2, 0.25) is 5.91 Å². The van der Waals surface area contributed by atoms with E-state index < -0.39 is 47.8 Å². The summed E-state index contributed by atoms with van der Waals surface area (Å²) in [5.41, 5.74) is -0.662. The molecule has 0 atom stereocenters. The molecule has 0 spiro atoms. The number of aryl methyl sites for hydroxylation is 1. The summed E-state index contributed by atoms with van der Waals surface area (Å²) in [5.74, 6) is -5.24. The van der Waals surface area contributed by atoms with Gasteiger partial charge in [0.25, 0.3) is 11.3 Å². The monoisotopic (exact) mass is 481 g/mol. The molecule has 2 N–H and O–H groups in total. The Hall–Kier alpha value is -3.60. The summed E-state index contributed by atoms with van der Waals surface area (Å²) < 4.78 is 43.5. The van der Waals surface area contributed by atoms with Crippen molar-refractivity contribution in [1.29, 1.82) is 0 Å². The maximum atomic E-state index is 14.4. The van der Waals surface area contributed by atoms with Crippen molar-refractivity contribution in [1.82, 2.24) is 14.9 Å². The van der Waals surface area contributed by atoms with Crippen molar-refractivity contribution in [3.63, 3.8) is 0 Å². The lowest BCUT2D eigenvalue weighted by Crippen LogP contribution is -2.41. The SMILES string of the molecule is Cc1ccc(F)c(CNC(=O)Cn2c(Cl)cnc(NCC(F)(F)c3cccc[n+]3[O-])c2=O)c1. The van der Waals surface area contributed by atoms with E-state index in [0.29, 0.717) is 0 Å². The topological polar surface area (TPSA) is 103 Å². The fourth-order valence-corrected chi connectivity index (χ4v) is 3.15. The van der Waals surface area contributed by atoms with Gasteiger partial charge in [0, 0.05) is 24.2 Å². The van der Waals surface area contributed by atoms with Gasteiger partial charge >= 0.3 is 5.92 Å². The van der Waals surface area contributed by atoms with E-state index in [9.17, 15) is 28.0 Å². The van der Waals surface area contributed by atoms with Gasteiger partial charge in [0.15, 0.2) is 12.0 Å². The van der Waals surface area contributed by atoms with Gasteiger partial charge in [0.1, 0.15) is 17.5 Å². The minimum absolute atomic E-state index is 0.0245. The molecule has 0 aliphatic carbocycles. The van der Waals surface area contributed by atoms with Gasteiger partial charge in [-0.15, -0.1) is 0 Å². The van der Waals surface area contributed by atoms with Gasteiger partial charge < -0.3 is 15.8 Å². The number of pyridine rings is 1. The number of carbonyl (C=O) groups excluding carboxylic acids is 1. The third-order valence-corrected chi connectivity index (χ3v) is 4.96. The van der Waals surface area contributed by atoms with Crippen molar-refractivity contribution in [3.8, 4) is 0 Å². The predicted octanol–water partition coefficient (Wildman–Crippen LogP) is 2.50. The summed E-state index contributed by atoms with van der Waals surface area (Å²) in [5, 5.41) is 16.1. The van der Waals surface area contributed by atoms with E-state index in [1.165, 1.54) is 18.2 Å². The van der Waals surface area contributed by atoms with E-state index in [4.69, 9.17) is 11.6 Å². The van der Waals surface area contributed by atoms with Crippen LogP contribution in [0.2, 0.25) is 5.15 Å². The van der Waals surface area contributed by atoms with Crippen LogP contribution < -0.4 is 20.9 Å². The van der Waals surface area contributed by atoms with Crippen LogP contribution in [0, 0.1) is 17.9 Å². The van der Waals surface area contributed by atoms with E-state index in [1.54, 1.807) is 19.1 Å². The molecule has 0 aliphatic heterocycles. The number of anilines is 1. The Morgan fingerprint density at radius 2 is 2.06 bits per heavy atom. The van der Waals surface area contributed by atoms with Crippen LogP contribution in [0.25, 0.3) is 0 Å². The molecule has 0 fully saturated rings. The van der Waals surface area contributed by atoms with Crippen molar-refractivity contribution >= 4 is 23.3 Å². The normalized spacial score (nSPS) is 11.3. The first-order chi connectivity index (χ1) is 15.6. The molecular weight excluding hydrogens is 463 g/mol. The Labute approximate surface area is 191 Å². The van der Waals surface area contributed by atoms with Crippen LogP contribution in [-0.2, 0) is 23.8 Å². The number of hydrogen-bond donors (Lipinski definition) is 2. The highest BCUT2D eigenvalue weighted by atomic mass is 35.5. The van der Waals surface area contributed by atoms with Crippen LogP contribution in [0.5, 0.6) is 0 Å². The lowest BCUT2D eigenvalue weighted by Gasteiger charge is -2.17. The Balaban J connectivity index is 1.70. The quantitative estimate of drug-likeness (QED) is 0.380. The number of benzene rings is 1. The van der Waals surface area contributed by atoms with Gasteiger partial charge in [0.05, 0.1) is 12.7 Å². The van der Waals surface area contributed by atoms with Crippen LogP contribution in [0.4, 0.5) is 19.0 Å². The second-order valence-corrected chi connectivity index (χ2v) is 7.55. The third-order valence-electron chi connectivity index (χ3n) is 4.66. The average Bonchev–Trinajstić information content (AvgIpc) is 2.77. The van der Waals surface area contributed by atoms with Crippen LogP contribution in [0.3, 0.4) is 0 Å². The molecule has 0 bridgehead atoms. The summed E-state index contributed by atoms with van der Waals surface area (Å²) in [6.45, 7) is 0.0147. The summed E-state index contributed by atoms with van der Waals surface area (Å²) in [7, 11) is 0. The molecule has 0 saturated heterocycles. The van der Waals surface area contributed by atoms with Crippen LogP contribution in [0.1, 0.15) is 16.8 Å². The minimum Gasteiger partial charge on any atom is -0.618 e. The smallest absolute Gasteiger partial charge is 0.347 e. The maximum absolute atomic E-state index is 14.4.